The predicted molar refractivity (Wildman–Crippen MR) is 78.5 cm³/mol. The van der Waals surface area contributed by atoms with Crippen molar-refractivity contribution >= 4 is 11.4 Å². The Morgan fingerprint density at radius 3 is 2.68 bits per heavy atom. The molecule has 0 spiro atoms. The van der Waals surface area contributed by atoms with Gasteiger partial charge in [-0.1, -0.05) is 24.3 Å². The Hall–Kier alpha value is -3.29. The normalized spacial score (nSPS) is 10.4. The highest BCUT2D eigenvalue weighted by atomic mass is 16.6. The molecule has 8 nitrogen and oxygen atoms in total. The molecule has 0 saturated heterocycles. The molecular weight excluding hydrogens is 284 g/mol. The van der Waals surface area contributed by atoms with E-state index in [1.165, 1.54) is 0 Å². The molecule has 0 saturated carbocycles. The van der Waals surface area contributed by atoms with Gasteiger partial charge < -0.3 is 5.32 Å². The summed E-state index contributed by atoms with van der Waals surface area (Å²) >= 11 is 0. The van der Waals surface area contributed by atoms with Gasteiger partial charge in [0.25, 0.3) is 4.92 Å². The molecule has 0 amide bonds. The molecule has 8 heteroatoms. The summed E-state index contributed by atoms with van der Waals surface area (Å²) in [6.07, 6.45) is 0. The molecule has 1 heterocycles. The van der Waals surface area contributed by atoms with Crippen LogP contribution in [0.2, 0.25) is 0 Å². The van der Waals surface area contributed by atoms with Crippen molar-refractivity contribution in [2.75, 3.05) is 5.32 Å². The topological polar surface area (TPSA) is 107 Å². The van der Waals surface area contributed by atoms with Gasteiger partial charge in [-0.15, -0.1) is 10.2 Å². The highest BCUT2D eigenvalue weighted by Gasteiger charge is 2.09. The minimum atomic E-state index is -0.161. The van der Waals surface area contributed by atoms with E-state index in [0.29, 0.717) is 12.4 Å². The summed E-state index contributed by atoms with van der Waals surface area (Å²) in [5.41, 5.74) is 2.95. The molecular formula is C14H13N6O2+. The van der Waals surface area contributed by atoms with Gasteiger partial charge in [0, 0.05) is 29.9 Å². The maximum absolute atomic E-state index is 10.7. The second-order valence-corrected chi connectivity index (χ2v) is 4.61. The Bertz CT molecular complexity index is 770. The number of nitrogens with one attached hydrogen (secondary N) is 2. The average Bonchev–Trinajstić information content (AvgIpc) is 3.08. The minimum Gasteiger partial charge on any atom is -0.381 e. The summed E-state index contributed by atoms with van der Waals surface area (Å²) < 4.78 is 0. The van der Waals surface area contributed by atoms with Crippen LogP contribution in [0, 0.1) is 4.91 Å². The van der Waals surface area contributed by atoms with Gasteiger partial charge in [0.05, 0.1) is 4.91 Å². The zero-order chi connectivity index (χ0) is 15.4. The quantitative estimate of drug-likeness (QED) is 0.624. The van der Waals surface area contributed by atoms with E-state index < -0.39 is 0 Å². The molecule has 0 aliphatic heterocycles. The molecule has 22 heavy (non-hydrogen) atoms. The van der Waals surface area contributed by atoms with Crippen LogP contribution in [-0.2, 0) is 6.54 Å². The fourth-order valence-electron chi connectivity index (χ4n) is 2.00. The summed E-state index contributed by atoms with van der Waals surface area (Å²) in [6, 6.07) is 14.3. The fourth-order valence-corrected chi connectivity index (χ4v) is 2.00. The number of hydrogen-bond acceptors (Lipinski definition) is 5. The monoisotopic (exact) mass is 297 g/mol. The van der Waals surface area contributed by atoms with E-state index in [1.807, 2.05) is 24.3 Å². The summed E-state index contributed by atoms with van der Waals surface area (Å²) in [7, 11) is 0. The van der Waals surface area contributed by atoms with Gasteiger partial charge in [0.15, 0.2) is 0 Å². The van der Waals surface area contributed by atoms with Gasteiger partial charge in [0.2, 0.25) is 5.82 Å². The van der Waals surface area contributed by atoms with Crippen LogP contribution in [0.4, 0.5) is 11.4 Å². The van der Waals surface area contributed by atoms with Gasteiger partial charge in [-0.2, -0.15) is 5.21 Å². The zero-order valence-electron chi connectivity index (χ0n) is 11.5. The Morgan fingerprint density at radius 2 is 2.00 bits per heavy atom. The Morgan fingerprint density at radius 1 is 1.18 bits per heavy atom. The predicted octanol–water partition coefficient (Wildman–Crippen LogP) is 2.28. The van der Waals surface area contributed by atoms with Crippen molar-refractivity contribution in [1.29, 1.82) is 0 Å². The Labute approximate surface area is 125 Å². The maximum atomic E-state index is 10.7. The number of tetrazole rings is 1. The van der Waals surface area contributed by atoms with Gasteiger partial charge >= 0.3 is 5.69 Å². The van der Waals surface area contributed by atoms with E-state index in [1.54, 1.807) is 24.3 Å². The minimum absolute atomic E-state index is 0.161. The smallest absolute Gasteiger partial charge is 0.316 e. The molecule has 3 aromatic rings. The first-order chi connectivity index (χ1) is 10.7. The van der Waals surface area contributed by atoms with Crippen LogP contribution in [0.25, 0.3) is 11.4 Å². The number of rotatable bonds is 5. The van der Waals surface area contributed by atoms with E-state index in [4.69, 9.17) is 5.21 Å². The van der Waals surface area contributed by atoms with Crippen molar-refractivity contribution in [3.8, 4) is 11.4 Å². The first-order valence-corrected chi connectivity index (χ1v) is 6.55. The molecule has 0 fully saturated rings. The highest BCUT2D eigenvalue weighted by Crippen LogP contribution is 2.19. The molecule has 0 bridgehead atoms. The molecule has 0 atom stereocenters. The van der Waals surface area contributed by atoms with Crippen LogP contribution in [0.15, 0.2) is 48.5 Å². The van der Waals surface area contributed by atoms with E-state index in [0.717, 1.165) is 16.8 Å². The number of anilines is 1. The van der Waals surface area contributed by atoms with Crippen LogP contribution in [0.3, 0.4) is 0 Å². The second-order valence-electron chi connectivity index (χ2n) is 4.61. The molecule has 0 aliphatic carbocycles. The third-order valence-electron chi connectivity index (χ3n) is 3.12. The SMILES string of the molecule is O=[N+](O)c1ccc(CNc2cccc(-c3nn[nH]n3)c2)cc1. The zero-order valence-corrected chi connectivity index (χ0v) is 11.5. The molecule has 0 aliphatic rings. The Balaban J connectivity index is 1.69. The van der Waals surface area contributed by atoms with Crippen molar-refractivity contribution in [2.24, 2.45) is 0 Å². The first kappa shape index (κ1) is 13.7. The summed E-state index contributed by atoms with van der Waals surface area (Å²) in [6.45, 7) is 0.584. The Kier molecular flexibility index (Phi) is 3.73. The van der Waals surface area contributed by atoms with E-state index in [2.05, 4.69) is 25.9 Å². The number of H-pyrrole nitrogens is 1. The lowest BCUT2D eigenvalue weighted by molar-refractivity contribution is -0.729. The molecule has 0 radical (unpaired) electrons. The molecule has 1 aromatic heterocycles. The highest BCUT2D eigenvalue weighted by molar-refractivity contribution is 5.61. The van der Waals surface area contributed by atoms with Crippen LogP contribution < -0.4 is 5.32 Å². The largest absolute Gasteiger partial charge is 0.381 e. The lowest BCUT2D eigenvalue weighted by Crippen LogP contribution is -2.00. The molecule has 2 aromatic carbocycles. The maximum Gasteiger partial charge on any atom is 0.316 e. The van der Waals surface area contributed by atoms with Crippen molar-refractivity contribution in [2.45, 2.75) is 6.54 Å². The molecule has 3 N–H and O–H groups in total. The third-order valence-corrected chi connectivity index (χ3v) is 3.12. The summed E-state index contributed by atoms with van der Waals surface area (Å²) in [5, 5.41) is 25.9. The second kappa shape index (κ2) is 6.00. The van der Waals surface area contributed by atoms with E-state index in [-0.39, 0.29) is 10.6 Å². The number of nitrogens with zero attached hydrogens (tertiary/aromatic N) is 4. The lowest BCUT2D eigenvalue weighted by Gasteiger charge is -2.07. The van der Waals surface area contributed by atoms with Crippen LogP contribution in [0.1, 0.15) is 5.56 Å². The van der Waals surface area contributed by atoms with Crippen molar-refractivity contribution < 1.29 is 10.1 Å². The standard InChI is InChI=1S/C14H13N6O2/c21-20(22)13-6-4-10(5-7-13)9-15-12-3-1-2-11(8-12)14-16-18-19-17-14/h1-8,15H,9H2,(H,21,22)(H,16,17,18,19)/q+1. The molecule has 110 valence electrons. The number of benzene rings is 2. The van der Waals surface area contributed by atoms with Gasteiger partial charge in [-0.3, -0.25) is 0 Å². The van der Waals surface area contributed by atoms with E-state index in [9.17, 15) is 4.91 Å². The van der Waals surface area contributed by atoms with E-state index >= 15 is 0 Å². The molecule has 0 unspecified atom stereocenters. The first-order valence-electron chi connectivity index (χ1n) is 6.55. The van der Waals surface area contributed by atoms with Gasteiger partial charge in [-0.25, -0.2) is 5.21 Å². The van der Waals surface area contributed by atoms with Crippen molar-refractivity contribution in [3.05, 3.63) is 59.0 Å². The van der Waals surface area contributed by atoms with Crippen molar-refractivity contribution in [3.63, 3.8) is 0 Å². The van der Waals surface area contributed by atoms with Crippen LogP contribution >= 0.6 is 0 Å². The number of hydrogen-bond donors (Lipinski definition) is 3. The summed E-state index contributed by atoms with van der Waals surface area (Å²) in [4.78, 5) is 10.6. The molecule has 3 rings (SSSR count). The van der Waals surface area contributed by atoms with Gasteiger partial charge in [-0.05, 0) is 22.9 Å². The van der Waals surface area contributed by atoms with Crippen LogP contribution in [0.5, 0.6) is 0 Å². The third kappa shape index (κ3) is 3.06. The summed E-state index contributed by atoms with van der Waals surface area (Å²) in [5.74, 6) is 0.534. The fraction of sp³-hybridized carbons (Fsp3) is 0.0714. The average molecular weight is 297 g/mol. The van der Waals surface area contributed by atoms with Crippen LogP contribution in [-0.4, -0.2) is 30.8 Å². The lowest BCUT2D eigenvalue weighted by atomic mass is 10.1. The number of aromatic amines is 1. The van der Waals surface area contributed by atoms with Crippen molar-refractivity contribution in [1.82, 2.24) is 20.6 Å². The number of aromatic nitrogens is 4. The van der Waals surface area contributed by atoms with Gasteiger partial charge in [0.1, 0.15) is 0 Å².